The maximum absolute atomic E-state index is 12.2. The Balaban J connectivity index is 2.47. The summed E-state index contributed by atoms with van der Waals surface area (Å²) in [6.45, 7) is 10.0. The molecule has 2 N–H and O–H groups in total. The lowest BCUT2D eigenvalue weighted by atomic mass is 9.88. The monoisotopic (exact) mass is 257 g/mol. The average Bonchev–Trinajstić information content (AvgIpc) is 2.28. The van der Waals surface area contributed by atoms with Gasteiger partial charge < -0.3 is 10.6 Å². The topological polar surface area (TPSA) is 49.6 Å². The Kier molecular flexibility index (Phi) is 4.89. The quantitative estimate of drug-likeness (QED) is 0.759. The smallest absolute Gasteiger partial charge is 0.228 e. The minimum absolute atomic E-state index is 0.245. The number of hydrogen-bond acceptors (Lipinski definition) is 3. The molecular weight excluding hydrogens is 234 g/mol. The molecule has 1 fully saturated rings. The van der Waals surface area contributed by atoms with Crippen molar-refractivity contribution in [3.8, 4) is 0 Å². The second kappa shape index (κ2) is 5.78. The summed E-state index contributed by atoms with van der Waals surface area (Å²) in [7, 11) is 0. The van der Waals surface area contributed by atoms with Gasteiger partial charge in [0, 0.05) is 38.1 Å². The van der Waals surface area contributed by atoms with E-state index in [0.717, 1.165) is 32.6 Å². The molecule has 0 bridgehead atoms. The predicted octanol–water partition coefficient (Wildman–Crippen LogP) is 0.853. The average molecular weight is 257 g/mol. The van der Waals surface area contributed by atoms with Crippen LogP contribution >= 0.6 is 12.2 Å². The molecule has 5 heteroatoms. The zero-order valence-corrected chi connectivity index (χ0v) is 11.8. The van der Waals surface area contributed by atoms with Gasteiger partial charge in [-0.25, -0.2) is 0 Å². The number of rotatable bonds is 4. The van der Waals surface area contributed by atoms with Gasteiger partial charge >= 0.3 is 0 Å². The van der Waals surface area contributed by atoms with Crippen LogP contribution in [0.5, 0.6) is 0 Å². The summed E-state index contributed by atoms with van der Waals surface area (Å²) in [5.41, 5.74) is 5.27. The molecular formula is C12H23N3OS. The van der Waals surface area contributed by atoms with Crippen molar-refractivity contribution in [1.82, 2.24) is 9.80 Å². The van der Waals surface area contributed by atoms with E-state index in [1.807, 2.05) is 18.7 Å². The Labute approximate surface area is 109 Å². The van der Waals surface area contributed by atoms with Crippen LogP contribution in [0, 0.1) is 5.41 Å². The fourth-order valence-electron chi connectivity index (χ4n) is 1.91. The second-order valence-electron chi connectivity index (χ2n) is 5.27. The van der Waals surface area contributed by atoms with Gasteiger partial charge in [0.1, 0.15) is 0 Å². The molecule has 0 radical (unpaired) electrons. The third-order valence-corrected chi connectivity index (χ3v) is 3.63. The summed E-state index contributed by atoms with van der Waals surface area (Å²) in [4.78, 5) is 16.9. The maximum atomic E-state index is 12.2. The molecule has 1 aliphatic rings. The molecule has 0 unspecified atom stereocenters. The largest absolute Gasteiger partial charge is 0.392 e. The molecule has 1 rings (SSSR count). The third-order valence-electron chi connectivity index (χ3n) is 3.50. The Hall–Kier alpha value is -0.680. The lowest BCUT2D eigenvalue weighted by Gasteiger charge is -2.38. The first kappa shape index (κ1) is 14.4. The fraction of sp³-hybridized carbons (Fsp3) is 0.833. The van der Waals surface area contributed by atoms with Gasteiger partial charge in [-0.15, -0.1) is 0 Å². The number of nitrogens with zero attached hydrogens (tertiary/aromatic N) is 2. The number of carbonyl (C=O) groups is 1. The zero-order chi connectivity index (χ0) is 13.1. The van der Waals surface area contributed by atoms with Crippen molar-refractivity contribution in [2.75, 3.05) is 32.7 Å². The van der Waals surface area contributed by atoms with Crippen molar-refractivity contribution in [2.24, 2.45) is 11.1 Å². The number of amides is 1. The summed E-state index contributed by atoms with van der Waals surface area (Å²) < 4.78 is 0. The van der Waals surface area contributed by atoms with Crippen LogP contribution in [0.15, 0.2) is 0 Å². The van der Waals surface area contributed by atoms with E-state index in [0.29, 0.717) is 11.5 Å². The Morgan fingerprint density at radius 1 is 1.29 bits per heavy atom. The van der Waals surface area contributed by atoms with Crippen LogP contribution in [-0.4, -0.2) is 53.4 Å². The minimum Gasteiger partial charge on any atom is -0.392 e. The molecule has 0 aliphatic carbocycles. The molecule has 98 valence electrons. The molecule has 0 saturated carbocycles. The van der Waals surface area contributed by atoms with E-state index in [9.17, 15) is 4.79 Å². The first-order chi connectivity index (χ1) is 7.86. The van der Waals surface area contributed by atoms with Crippen LogP contribution in [0.1, 0.15) is 27.2 Å². The predicted molar refractivity (Wildman–Crippen MR) is 73.9 cm³/mol. The number of nitrogens with two attached hydrogens (primary N) is 1. The molecule has 0 aromatic rings. The summed E-state index contributed by atoms with van der Waals surface area (Å²) >= 11 is 4.89. The normalized spacial score (nSPS) is 18.2. The molecule has 0 aromatic heterocycles. The summed E-state index contributed by atoms with van der Waals surface area (Å²) in [5.74, 6) is 0.259. The molecule has 4 nitrogen and oxygen atoms in total. The molecule has 0 atom stereocenters. The van der Waals surface area contributed by atoms with Gasteiger partial charge in [0.25, 0.3) is 0 Å². The summed E-state index contributed by atoms with van der Waals surface area (Å²) in [6, 6.07) is 0. The maximum Gasteiger partial charge on any atom is 0.228 e. The van der Waals surface area contributed by atoms with E-state index in [4.69, 9.17) is 18.0 Å². The van der Waals surface area contributed by atoms with Crippen molar-refractivity contribution in [2.45, 2.75) is 27.2 Å². The number of piperazine rings is 1. The minimum atomic E-state index is -0.245. The summed E-state index contributed by atoms with van der Waals surface area (Å²) in [5, 5.41) is 0. The van der Waals surface area contributed by atoms with Gasteiger partial charge in [-0.3, -0.25) is 9.69 Å². The fourth-order valence-corrected chi connectivity index (χ4v) is 2.09. The van der Waals surface area contributed by atoms with E-state index in [2.05, 4.69) is 11.8 Å². The van der Waals surface area contributed by atoms with Crippen molar-refractivity contribution < 1.29 is 4.79 Å². The Morgan fingerprint density at radius 2 is 1.82 bits per heavy atom. The van der Waals surface area contributed by atoms with E-state index >= 15 is 0 Å². The standard InChI is InChI=1S/C12H23N3OS/c1-4-12(2,3)11(16)15-7-5-14(6-8-15)9-10(13)17/h4-9H2,1-3H3,(H2,13,17). The number of thiocarbonyl (C=S) groups is 1. The van der Waals surface area contributed by atoms with Crippen molar-refractivity contribution in [3.05, 3.63) is 0 Å². The van der Waals surface area contributed by atoms with E-state index in [1.54, 1.807) is 0 Å². The lowest BCUT2D eigenvalue weighted by Crippen LogP contribution is -2.53. The van der Waals surface area contributed by atoms with Crippen LogP contribution in [0.4, 0.5) is 0 Å². The molecule has 1 aliphatic heterocycles. The van der Waals surface area contributed by atoms with Gasteiger partial charge in [-0.05, 0) is 6.42 Å². The van der Waals surface area contributed by atoms with Crippen LogP contribution < -0.4 is 5.73 Å². The van der Waals surface area contributed by atoms with Crippen LogP contribution in [0.25, 0.3) is 0 Å². The summed E-state index contributed by atoms with van der Waals surface area (Å²) in [6.07, 6.45) is 0.874. The number of carbonyl (C=O) groups excluding carboxylic acids is 1. The molecule has 1 saturated heterocycles. The first-order valence-corrected chi connectivity index (χ1v) is 6.57. The molecule has 0 aromatic carbocycles. The highest BCUT2D eigenvalue weighted by Gasteiger charge is 2.31. The van der Waals surface area contributed by atoms with Crippen molar-refractivity contribution >= 4 is 23.1 Å². The molecule has 17 heavy (non-hydrogen) atoms. The molecule has 1 heterocycles. The lowest BCUT2D eigenvalue weighted by molar-refractivity contribution is -0.142. The van der Waals surface area contributed by atoms with Gasteiger partial charge in [-0.2, -0.15) is 0 Å². The second-order valence-corrected chi connectivity index (χ2v) is 5.80. The van der Waals surface area contributed by atoms with E-state index in [-0.39, 0.29) is 11.3 Å². The SMILES string of the molecule is CCC(C)(C)C(=O)N1CCN(CC(N)=S)CC1. The van der Waals surface area contributed by atoms with Gasteiger partial charge in [0.05, 0.1) is 4.99 Å². The van der Waals surface area contributed by atoms with Crippen LogP contribution in [0.2, 0.25) is 0 Å². The zero-order valence-electron chi connectivity index (χ0n) is 11.0. The Morgan fingerprint density at radius 3 is 2.24 bits per heavy atom. The van der Waals surface area contributed by atoms with E-state index < -0.39 is 0 Å². The molecule has 0 spiro atoms. The highest BCUT2D eigenvalue weighted by Crippen LogP contribution is 2.23. The van der Waals surface area contributed by atoms with E-state index in [1.165, 1.54) is 0 Å². The highest BCUT2D eigenvalue weighted by molar-refractivity contribution is 7.80. The van der Waals surface area contributed by atoms with Gasteiger partial charge in [0.15, 0.2) is 0 Å². The van der Waals surface area contributed by atoms with Gasteiger partial charge in [-0.1, -0.05) is 33.0 Å². The van der Waals surface area contributed by atoms with Crippen molar-refractivity contribution in [1.29, 1.82) is 0 Å². The third kappa shape index (κ3) is 3.92. The Bertz CT molecular complexity index is 296. The van der Waals surface area contributed by atoms with Crippen LogP contribution in [-0.2, 0) is 4.79 Å². The molecule has 1 amide bonds. The van der Waals surface area contributed by atoms with Gasteiger partial charge in [0.2, 0.25) is 5.91 Å². The number of hydrogen-bond donors (Lipinski definition) is 1. The highest BCUT2D eigenvalue weighted by atomic mass is 32.1. The van der Waals surface area contributed by atoms with Crippen LogP contribution in [0.3, 0.4) is 0 Å². The first-order valence-electron chi connectivity index (χ1n) is 6.17. The van der Waals surface area contributed by atoms with Crippen molar-refractivity contribution in [3.63, 3.8) is 0 Å².